The van der Waals surface area contributed by atoms with Crippen molar-refractivity contribution in [3.8, 4) is 0 Å². The van der Waals surface area contributed by atoms with Gasteiger partial charge < -0.3 is 5.73 Å². The van der Waals surface area contributed by atoms with E-state index in [1.807, 2.05) is 0 Å². The van der Waals surface area contributed by atoms with Gasteiger partial charge in [0.05, 0.1) is 6.04 Å². The molecule has 2 fully saturated rings. The predicted octanol–water partition coefficient (Wildman–Crippen LogP) is -0.434. The van der Waals surface area contributed by atoms with Crippen LogP contribution in [0.25, 0.3) is 0 Å². The number of carbonyl (C=O) groups excluding carboxylic acids is 1. The molecule has 3 nitrogen and oxygen atoms in total. The molecule has 2 aliphatic heterocycles. The first kappa shape index (κ1) is 6.16. The molecule has 3 atom stereocenters. The highest BCUT2D eigenvalue weighted by Gasteiger charge is 2.39. The van der Waals surface area contributed by atoms with Gasteiger partial charge in [0.1, 0.15) is 0 Å². The molecule has 2 rings (SSSR count). The predicted molar refractivity (Wildman–Crippen MR) is 37.3 cm³/mol. The molecule has 3 heteroatoms. The maximum Gasteiger partial charge on any atom is 0.234 e. The Labute approximate surface area is 60.2 Å². The number of nitrogens with two attached hydrogens (primary N) is 1. The van der Waals surface area contributed by atoms with Crippen molar-refractivity contribution in [3.63, 3.8) is 0 Å². The Morgan fingerprint density at radius 1 is 1.60 bits per heavy atom. The molecule has 3 unspecified atom stereocenters. The highest BCUT2D eigenvalue weighted by molar-refractivity contribution is 5.80. The summed E-state index contributed by atoms with van der Waals surface area (Å²) in [5.74, 6) is 0.625. The minimum atomic E-state index is -0.137. The molecule has 0 aromatic carbocycles. The number of carbonyl (C=O) groups is 1. The quantitative estimate of drug-likeness (QED) is 0.537. The van der Waals surface area contributed by atoms with Gasteiger partial charge >= 0.3 is 0 Å². The summed E-state index contributed by atoms with van der Waals surface area (Å²) in [4.78, 5) is 13.0. The zero-order valence-electron chi connectivity index (χ0n) is 5.92. The zero-order valence-corrected chi connectivity index (χ0v) is 5.92. The van der Waals surface area contributed by atoms with Crippen LogP contribution in [0.3, 0.4) is 0 Å². The van der Waals surface area contributed by atoms with Gasteiger partial charge in [0.25, 0.3) is 0 Å². The molecule has 2 heterocycles. The SMILES string of the molecule is NC(=O)C1CC2CCN1C2. The lowest BCUT2D eigenvalue weighted by Crippen LogP contribution is -2.40. The molecule has 2 aliphatic rings. The number of piperidine rings is 1. The van der Waals surface area contributed by atoms with E-state index >= 15 is 0 Å². The lowest BCUT2D eigenvalue weighted by atomic mass is 10.0. The lowest BCUT2D eigenvalue weighted by Gasteiger charge is -2.20. The normalized spacial score (nSPS) is 44.2. The molecular formula is C7H12N2O. The molecule has 0 radical (unpaired) electrons. The molecule has 1 amide bonds. The van der Waals surface area contributed by atoms with E-state index in [0.717, 1.165) is 25.4 Å². The third-order valence-electron chi connectivity index (χ3n) is 2.64. The van der Waals surface area contributed by atoms with Crippen LogP contribution in [-0.2, 0) is 4.79 Å². The van der Waals surface area contributed by atoms with Gasteiger partial charge in [-0.1, -0.05) is 0 Å². The Bertz CT molecular complexity index is 169. The number of rotatable bonds is 1. The van der Waals surface area contributed by atoms with Crippen LogP contribution in [0.4, 0.5) is 0 Å². The molecule has 56 valence electrons. The molecule has 0 aromatic rings. The van der Waals surface area contributed by atoms with Crippen LogP contribution in [0.15, 0.2) is 0 Å². The van der Waals surface area contributed by atoms with E-state index < -0.39 is 0 Å². The maximum absolute atomic E-state index is 10.8. The standard InChI is InChI=1S/C7H12N2O/c8-7(10)6-3-5-1-2-9(6)4-5/h5-6H,1-4H2,(H2,8,10). The molecule has 2 N–H and O–H groups in total. The third-order valence-corrected chi connectivity index (χ3v) is 2.64. The highest BCUT2D eigenvalue weighted by atomic mass is 16.1. The summed E-state index contributed by atoms with van der Waals surface area (Å²) in [6.07, 6.45) is 2.28. The first-order chi connectivity index (χ1) is 4.77. The van der Waals surface area contributed by atoms with E-state index in [4.69, 9.17) is 5.73 Å². The fourth-order valence-electron chi connectivity index (χ4n) is 2.10. The monoisotopic (exact) mass is 140 g/mol. The number of nitrogens with zero attached hydrogens (tertiary/aromatic N) is 1. The minimum Gasteiger partial charge on any atom is -0.368 e. The maximum atomic E-state index is 10.8. The van der Waals surface area contributed by atoms with Gasteiger partial charge in [-0.15, -0.1) is 0 Å². The molecular weight excluding hydrogens is 128 g/mol. The van der Waals surface area contributed by atoms with Crippen LogP contribution in [0.2, 0.25) is 0 Å². The van der Waals surface area contributed by atoms with E-state index in [-0.39, 0.29) is 11.9 Å². The average Bonchev–Trinajstić information content (AvgIpc) is 2.44. The summed E-state index contributed by atoms with van der Waals surface area (Å²) in [5, 5.41) is 0. The van der Waals surface area contributed by atoms with Gasteiger partial charge in [0.15, 0.2) is 0 Å². The zero-order chi connectivity index (χ0) is 7.14. The Hall–Kier alpha value is -0.570. The summed E-state index contributed by atoms with van der Waals surface area (Å²) < 4.78 is 0. The molecule has 0 aliphatic carbocycles. The smallest absolute Gasteiger partial charge is 0.234 e. The van der Waals surface area contributed by atoms with E-state index in [2.05, 4.69) is 4.90 Å². The van der Waals surface area contributed by atoms with Gasteiger partial charge in [-0.25, -0.2) is 0 Å². The number of hydrogen-bond donors (Lipinski definition) is 1. The van der Waals surface area contributed by atoms with Crippen LogP contribution in [0.1, 0.15) is 12.8 Å². The van der Waals surface area contributed by atoms with Crippen LogP contribution in [0, 0.1) is 5.92 Å². The molecule has 2 saturated heterocycles. The first-order valence-corrected chi connectivity index (χ1v) is 3.81. The topological polar surface area (TPSA) is 46.3 Å². The summed E-state index contributed by atoms with van der Waals surface area (Å²) in [5.41, 5.74) is 5.20. The van der Waals surface area contributed by atoms with Crippen molar-refractivity contribution >= 4 is 5.91 Å². The highest BCUT2D eigenvalue weighted by Crippen LogP contribution is 2.32. The van der Waals surface area contributed by atoms with E-state index in [1.54, 1.807) is 0 Å². The number of hydrogen-bond acceptors (Lipinski definition) is 2. The van der Waals surface area contributed by atoms with Crippen molar-refractivity contribution in [1.29, 1.82) is 0 Å². The largest absolute Gasteiger partial charge is 0.368 e. The van der Waals surface area contributed by atoms with Gasteiger partial charge in [-0.2, -0.15) is 0 Å². The molecule has 0 spiro atoms. The average molecular weight is 140 g/mol. The number of amides is 1. The Morgan fingerprint density at radius 2 is 2.40 bits per heavy atom. The first-order valence-electron chi connectivity index (χ1n) is 3.81. The number of fused-ring (bicyclic) bond motifs is 2. The van der Waals surface area contributed by atoms with Gasteiger partial charge in [0, 0.05) is 6.54 Å². The van der Waals surface area contributed by atoms with Gasteiger partial charge in [0.2, 0.25) is 5.91 Å². The van der Waals surface area contributed by atoms with Crippen LogP contribution in [-0.4, -0.2) is 29.9 Å². The van der Waals surface area contributed by atoms with Crippen LogP contribution >= 0.6 is 0 Å². The van der Waals surface area contributed by atoms with Crippen molar-refractivity contribution in [1.82, 2.24) is 4.90 Å². The van der Waals surface area contributed by atoms with Gasteiger partial charge in [-0.05, 0) is 25.3 Å². The van der Waals surface area contributed by atoms with E-state index in [1.165, 1.54) is 6.42 Å². The Morgan fingerprint density at radius 3 is 2.70 bits per heavy atom. The van der Waals surface area contributed by atoms with Crippen LogP contribution < -0.4 is 5.73 Å². The third kappa shape index (κ3) is 0.736. The second-order valence-electron chi connectivity index (χ2n) is 3.30. The summed E-state index contributed by atoms with van der Waals surface area (Å²) in [6.45, 7) is 2.19. The Balaban J connectivity index is 2.08. The van der Waals surface area contributed by atoms with Crippen molar-refractivity contribution in [3.05, 3.63) is 0 Å². The minimum absolute atomic E-state index is 0.0683. The number of primary amides is 1. The lowest BCUT2D eigenvalue weighted by molar-refractivity contribution is -0.122. The van der Waals surface area contributed by atoms with Crippen molar-refractivity contribution in [2.45, 2.75) is 18.9 Å². The van der Waals surface area contributed by atoms with Gasteiger partial charge in [-0.3, -0.25) is 9.69 Å². The van der Waals surface area contributed by atoms with Crippen molar-refractivity contribution in [2.75, 3.05) is 13.1 Å². The summed E-state index contributed by atoms with van der Waals surface area (Å²) >= 11 is 0. The molecule has 0 aromatic heterocycles. The summed E-state index contributed by atoms with van der Waals surface area (Å²) in [7, 11) is 0. The molecule has 10 heavy (non-hydrogen) atoms. The summed E-state index contributed by atoms with van der Waals surface area (Å²) in [6, 6.07) is 0.0683. The van der Waals surface area contributed by atoms with E-state index in [9.17, 15) is 4.79 Å². The van der Waals surface area contributed by atoms with Crippen molar-refractivity contribution < 1.29 is 4.79 Å². The van der Waals surface area contributed by atoms with Crippen molar-refractivity contribution in [2.24, 2.45) is 11.7 Å². The Kier molecular flexibility index (Phi) is 1.20. The fraction of sp³-hybridized carbons (Fsp3) is 0.857. The second-order valence-corrected chi connectivity index (χ2v) is 3.30. The fourth-order valence-corrected chi connectivity index (χ4v) is 2.10. The van der Waals surface area contributed by atoms with E-state index in [0.29, 0.717) is 0 Å². The van der Waals surface area contributed by atoms with Crippen LogP contribution in [0.5, 0.6) is 0 Å². The molecule has 0 saturated carbocycles. The second kappa shape index (κ2) is 1.95. The molecule has 2 bridgehead atoms.